The van der Waals surface area contributed by atoms with Gasteiger partial charge in [-0.2, -0.15) is 5.10 Å². The molecule has 0 spiro atoms. The minimum atomic E-state index is -0.868. The van der Waals surface area contributed by atoms with E-state index >= 15 is 0 Å². The summed E-state index contributed by atoms with van der Waals surface area (Å²) in [5.41, 5.74) is 1.66. The number of amides is 2. The van der Waals surface area contributed by atoms with E-state index in [2.05, 4.69) is 36.8 Å². The highest BCUT2D eigenvalue weighted by Gasteiger charge is 2.15. The van der Waals surface area contributed by atoms with Gasteiger partial charge in [0.15, 0.2) is 5.82 Å². The normalized spacial score (nSPS) is 10.4. The zero-order valence-electron chi connectivity index (χ0n) is 10.6. The molecule has 0 aliphatic heterocycles. The van der Waals surface area contributed by atoms with E-state index in [-0.39, 0.29) is 10.2 Å². The Hall–Kier alpha value is -1.96. The van der Waals surface area contributed by atoms with Crippen LogP contribution in [0.3, 0.4) is 0 Å². The predicted octanol–water partition coefficient (Wildman–Crippen LogP) is 3.71. The van der Waals surface area contributed by atoms with Gasteiger partial charge in [-0.3, -0.25) is 5.10 Å². The van der Waals surface area contributed by atoms with E-state index in [9.17, 15) is 13.6 Å². The average Bonchev–Trinajstić information content (AvgIpc) is 2.65. The molecule has 0 aliphatic carbocycles. The standard InChI is InChI=1S/C12H11BrF2N4O/c1-5-10(6(2)19-18-5)16-12(20)17-11-8(13)3-7(14)4-9(11)15/h3-4H,1-2H3,(H,18,19)(H2,16,17,20). The number of H-pyrrole nitrogens is 1. The lowest BCUT2D eigenvalue weighted by Crippen LogP contribution is -2.21. The van der Waals surface area contributed by atoms with Gasteiger partial charge in [-0.25, -0.2) is 13.6 Å². The number of aromatic nitrogens is 2. The number of nitrogens with one attached hydrogen (secondary N) is 3. The molecule has 8 heteroatoms. The number of benzene rings is 1. The van der Waals surface area contributed by atoms with Crippen LogP contribution in [-0.4, -0.2) is 16.2 Å². The molecule has 3 N–H and O–H groups in total. The van der Waals surface area contributed by atoms with Gasteiger partial charge in [0.1, 0.15) is 5.82 Å². The summed E-state index contributed by atoms with van der Waals surface area (Å²) in [7, 11) is 0. The smallest absolute Gasteiger partial charge is 0.304 e. The van der Waals surface area contributed by atoms with Crippen molar-refractivity contribution in [2.45, 2.75) is 13.8 Å². The highest BCUT2D eigenvalue weighted by Crippen LogP contribution is 2.27. The maximum Gasteiger partial charge on any atom is 0.323 e. The molecule has 0 fully saturated rings. The van der Waals surface area contributed by atoms with Gasteiger partial charge in [-0.1, -0.05) is 0 Å². The Kier molecular flexibility index (Phi) is 4.03. The fourth-order valence-electron chi connectivity index (χ4n) is 1.65. The summed E-state index contributed by atoms with van der Waals surface area (Å²) in [5.74, 6) is -1.60. The largest absolute Gasteiger partial charge is 0.323 e. The third-order valence-corrected chi connectivity index (χ3v) is 3.24. The summed E-state index contributed by atoms with van der Waals surface area (Å²) in [6.45, 7) is 3.46. The Bertz CT molecular complexity index is 629. The number of nitrogens with zero attached hydrogens (tertiary/aromatic N) is 1. The second kappa shape index (κ2) is 5.58. The van der Waals surface area contributed by atoms with Crippen molar-refractivity contribution < 1.29 is 13.6 Å². The van der Waals surface area contributed by atoms with Gasteiger partial charge in [0, 0.05) is 10.5 Å². The van der Waals surface area contributed by atoms with Gasteiger partial charge in [0.2, 0.25) is 0 Å². The minimum absolute atomic E-state index is 0.116. The molecule has 1 heterocycles. The number of hydrogen-bond donors (Lipinski definition) is 3. The lowest BCUT2D eigenvalue weighted by atomic mass is 10.3. The molecule has 2 aromatic rings. The molecule has 5 nitrogen and oxygen atoms in total. The van der Waals surface area contributed by atoms with E-state index in [0.717, 1.165) is 6.07 Å². The van der Waals surface area contributed by atoms with Crippen LogP contribution >= 0.6 is 15.9 Å². The zero-order valence-corrected chi connectivity index (χ0v) is 12.2. The number of anilines is 2. The first-order valence-corrected chi connectivity index (χ1v) is 6.42. The van der Waals surface area contributed by atoms with Gasteiger partial charge >= 0.3 is 6.03 Å². The van der Waals surface area contributed by atoms with E-state index in [1.165, 1.54) is 0 Å². The SMILES string of the molecule is Cc1n[nH]c(C)c1NC(=O)Nc1c(F)cc(F)cc1Br. The molecule has 0 saturated heterocycles. The monoisotopic (exact) mass is 344 g/mol. The van der Waals surface area contributed by atoms with Crippen molar-refractivity contribution >= 4 is 33.3 Å². The van der Waals surface area contributed by atoms with Crippen LogP contribution in [0.25, 0.3) is 0 Å². The number of rotatable bonds is 2. The number of carbonyl (C=O) groups is 1. The number of hydrogen-bond acceptors (Lipinski definition) is 2. The van der Waals surface area contributed by atoms with Crippen LogP contribution < -0.4 is 10.6 Å². The molecular weight excluding hydrogens is 334 g/mol. The fourth-order valence-corrected chi connectivity index (χ4v) is 2.16. The highest BCUT2D eigenvalue weighted by molar-refractivity contribution is 9.10. The molecule has 20 heavy (non-hydrogen) atoms. The molecular formula is C12H11BrF2N4O. The second-order valence-electron chi connectivity index (χ2n) is 4.13. The van der Waals surface area contributed by atoms with Gasteiger partial charge in [0.25, 0.3) is 0 Å². The molecule has 2 rings (SSSR count). The summed E-state index contributed by atoms with van der Waals surface area (Å²) in [5, 5.41) is 11.5. The van der Waals surface area contributed by atoms with Crippen LogP contribution in [-0.2, 0) is 0 Å². The first-order valence-electron chi connectivity index (χ1n) is 5.62. The third kappa shape index (κ3) is 2.96. The Morgan fingerprint density at radius 3 is 2.45 bits per heavy atom. The lowest BCUT2D eigenvalue weighted by molar-refractivity contribution is 0.262. The van der Waals surface area contributed by atoms with E-state index in [1.54, 1.807) is 13.8 Å². The number of aromatic amines is 1. The van der Waals surface area contributed by atoms with Crippen molar-refractivity contribution in [2.24, 2.45) is 0 Å². The van der Waals surface area contributed by atoms with Crippen molar-refractivity contribution in [3.05, 3.63) is 39.6 Å². The fraction of sp³-hybridized carbons (Fsp3) is 0.167. The third-order valence-electron chi connectivity index (χ3n) is 2.61. The van der Waals surface area contributed by atoms with Gasteiger partial charge in [-0.15, -0.1) is 0 Å². The number of carbonyl (C=O) groups excluding carboxylic acids is 1. The Labute approximate surface area is 121 Å². The van der Waals surface area contributed by atoms with Crippen molar-refractivity contribution in [1.82, 2.24) is 10.2 Å². The highest BCUT2D eigenvalue weighted by atomic mass is 79.9. The minimum Gasteiger partial charge on any atom is -0.304 e. The van der Waals surface area contributed by atoms with Crippen LogP contribution in [0.4, 0.5) is 25.0 Å². The predicted molar refractivity (Wildman–Crippen MR) is 74.8 cm³/mol. The van der Waals surface area contributed by atoms with E-state index in [0.29, 0.717) is 23.1 Å². The molecule has 0 saturated carbocycles. The Morgan fingerprint density at radius 2 is 1.90 bits per heavy atom. The topological polar surface area (TPSA) is 69.8 Å². The summed E-state index contributed by atoms with van der Waals surface area (Å²) in [6, 6.07) is 1.10. The van der Waals surface area contributed by atoms with Crippen LogP contribution in [0.2, 0.25) is 0 Å². The van der Waals surface area contributed by atoms with E-state index < -0.39 is 17.7 Å². The quantitative estimate of drug-likeness (QED) is 0.777. The molecule has 0 bridgehead atoms. The van der Waals surface area contributed by atoms with Crippen molar-refractivity contribution in [3.8, 4) is 0 Å². The molecule has 0 unspecified atom stereocenters. The number of aryl methyl sites for hydroxylation is 2. The lowest BCUT2D eigenvalue weighted by Gasteiger charge is -2.10. The van der Waals surface area contributed by atoms with Gasteiger partial charge in [0.05, 0.1) is 22.8 Å². The summed E-state index contributed by atoms with van der Waals surface area (Å²) in [4.78, 5) is 11.8. The van der Waals surface area contributed by atoms with Crippen LogP contribution in [0.15, 0.2) is 16.6 Å². The first-order chi connectivity index (χ1) is 9.38. The van der Waals surface area contributed by atoms with Gasteiger partial charge < -0.3 is 10.6 Å². The Morgan fingerprint density at radius 1 is 1.25 bits per heavy atom. The van der Waals surface area contributed by atoms with Crippen molar-refractivity contribution in [3.63, 3.8) is 0 Å². The van der Waals surface area contributed by atoms with Gasteiger partial charge in [-0.05, 0) is 35.8 Å². The molecule has 106 valence electrons. The molecule has 2 amide bonds. The number of urea groups is 1. The molecule has 0 aliphatic rings. The van der Waals surface area contributed by atoms with Crippen molar-refractivity contribution in [1.29, 1.82) is 0 Å². The van der Waals surface area contributed by atoms with Crippen LogP contribution in [0, 0.1) is 25.5 Å². The average molecular weight is 345 g/mol. The summed E-state index contributed by atoms with van der Waals surface area (Å²) < 4.78 is 26.6. The molecule has 1 aromatic carbocycles. The van der Waals surface area contributed by atoms with Crippen LogP contribution in [0.1, 0.15) is 11.4 Å². The second-order valence-corrected chi connectivity index (χ2v) is 4.99. The van der Waals surface area contributed by atoms with E-state index in [1.807, 2.05) is 0 Å². The maximum absolute atomic E-state index is 13.6. The molecule has 0 radical (unpaired) electrons. The Balaban J connectivity index is 2.17. The molecule has 0 atom stereocenters. The van der Waals surface area contributed by atoms with E-state index in [4.69, 9.17) is 0 Å². The summed E-state index contributed by atoms with van der Waals surface area (Å²) >= 11 is 2.99. The maximum atomic E-state index is 13.6. The summed E-state index contributed by atoms with van der Waals surface area (Å²) in [6.07, 6.45) is 0. The molecule has 1 aromatic heterocycles. The first kappa shape index (κ1) is 14.4. The number of halogens is 3. The van der Waals surface area contributed by atoms with Crippen molar-refractivity contribution in [2.75, 3.05) is 10.6 Å². The van der Waals surface area contributed by atoms with Crippen LogP contribution in [0.5, 0.6) is 0 Å². The zero-order chi connectivity index (χ0) is 14.9.